The maximum atomic E-state index is 14.2. The molecule has 1 aromatic heterocycles. The standard InChI is InChI=1S/C28H33FN4O4/c29-25-10-4-5-11-26(25)30-28(35)33(15-14-31-16-19-36-20-17-31)22-27(34)32(21-24-9-6-18-37-24)13-12-23-7-2-1-3-8-23/h1-11,18H,12-17,19-22H2,(H,30,35). The number of carbonyl (C=O) groups excluding carboxylic acids is 2. The molecule has 1 saturated heterocycles. The van der Waals surface area contributed by atoms with E-state index in [1.54, 1.807) is 29.4 Å². The molecule has 0 atom stereocenters. The van der Waals surface area contributed by atoms with Gasteiger partial charge in [-0.1, -0.05) is 42.5 Å². The van der Waals surface area contributed by atoms with Gasteiger partial charge in [-0.2, -0.15) is 0 Å². The molecule has 1 N–H and O–H groups in total. The number of furan rings is 1. The zero-order valence-electron chi connectivity index (χ0n) is 20.9. The minimum absolute atomic E-state index is 0.0767. The fraction of sp³-hybridized carbons (Fsp3) is 0.357. The van der Waals surface area contributed by atoms with Crippen LogP contribution in [0.15, 0.2) is 77.4 Å². The van der Waals surface area contributed by atoms with Gasteiger partial charge in [0.2, 0.25) is 5.91 Å². The van der Waals surface area contributed by atoms with Crippen LogP contribution in [0.1, 0.15) is 11.3 Å². The summed E-state index contributed by atoms with van der Waals surface area (Å²) >= 11 is 0. The van der Waals surface area contributed by atoms with Crippen molar-refractivity contribution in [1.82, 2.24) is 14.7 Å². The highest BCUT2D eigenvalue weighted by molar-refractivity contribution is 5.92. The number of para-hydroxylation sites is 1. The number of morpholine rings is 1. The fourth-order valence-electron chi connectivity index (χ4n) is 4.15. The average Bonchev–Trinajstić information content (AvgIpc) is 3.44. The molecule has 0 unspecified atom stereocenters. The number of amides is 3. The second-order valence-electron chi connectivity index (χ2n) is 8.92. The van der Waals surface area contributed by atoms with Crippen molar-refractivity contribution in [2.24, 2.45) is 0 Å². The Balaban J connectivity index is 1.46. The molecule has 2 heterocycles. The summed E-state index contributed by atoms with van der Waals surface area (Å²) in [6.45, 7) is 4.33. The molecule has 0 saturated carbocycles. The quantitative estimate of drug-likeness (QED) is 0.426. The van der Waals surface area contributed by atoms with Crippen molar-refractivity contribution in [3.63, 3.8) is 0 Å². The summed E-state index contributed by atoms with van der Waals surface area (Å²) in [5.74, 6) is -0.0762. The van der Waals surface area contributed by atoms with Crippen molar-refractivity contribution in [3.8, 4) is 0 Å². The molecule has 8 nitrogen and oxygen atoms in total. The number of benzene rings is 2. The Labute approximate surface area is 216 Å². The molecule has 196 valence electrons. The summed E-state index contributed by atoms with van der Waals surface area (Å²) in [4.78, 5) is 32.1. The van der Waals surface area contributed by atoms with Crippen LogP contribution < -0.4 is 5.32 Å². The van der Waals surface area contributed by atoms with E-state index in [2.05, 4.69) is 10.2 Å². The number of rotatable bonds is 11. The molecule has 1 fully saturated rings. The van der Waals surface area contributed by atoms with Gasteiger partial charge in [-0.25, -0.2) is 9.18 Å². The number of hydrogen-bond acceptors (Lipinski definition) is 5. The maximum absolute atomic E-state index is 14.2. The Hall–Kier alpha value is -3.69. The van der Waals surface area contributed by atoms with Crippen molar-refractivity contribution in [1.29, 1.82) is 0 Å². The van der Waals surface area contributed by atoms with E-state index in [0.29, 0.717) is 51.6 Å². The lowest BCUT2D eigenvalue weighted by molar-refractivity contribution is -0.132. The number of anilines is 1. The monoisotopic (exact) mass is 508 g/mol. The van der Waals surface area contributed by atoms with Gasteiger partial charge in [0.05, 0.1) is 31.7 Å². The lowest BCUT2D eigenvalue weighted by Crippen LogP contribution is -2.48. The fourth-order valence-corrected chi connectivity index (χ4v) is 4.15. The van der Waals surface area contributed by atoms with E-state index >= 15 is 0 Å². The van der Waals surface area contributed by atoms with Crippen LogP contribution in [0.4, 0.5) is 14.9 Å². The van der Waals surface area contributed by atoms with Crippen molar-refractivity contribution in [3.05, 3.63) is 90.1 Å². The molecule has 9 heteroatoms. The third-order valence-electron chi connectivity index (χ3n) is 6.31. The van der Waals surface area contributed by atoms with Crippen molar-refractivity contribution < 1.29 is 23.1 Å². The van der Waals surface area contributed by atoms with Crippen LogP contribution in [0.25, 0.3) is 0 Å². The van der Waals surface area contributed by atoms with Crippen LogP contribution in [0.2, 0.25) is 0 Å². The molecular formula is C28H33FN4O4. The molecule has 2 aromatic carbocycles. The average molecular weight is 509 g/mol. The number of ether oxygens (including phenoxy) is 1. The second-order valence-corrected chi connectivity index (χ2v) is 8.92. The Morgan fingerprint density at radius 3 is 2.41 bits per heavy atom. The van der Waals surface area contributed by atoms with Gasteiger partial charge in [-0.05, 0) is 36.2 Å². The van der Waals surface area contributed by atoms with Gasteiger partial charge in [0, 0.05) is 32.7 Å². The van der Waals surface area contributed by atoms with E-state index in [0.717, 1.165) is 18.7 Å². The Bertz CT molecular complexity index is 1120. The molecule has 0 bridgehead atoms. The highest BCUT2D eigenvalue weighted by Crippen LogP contribution is 2.14. The highest BCUT2D eigenvalue weighted by Gasteiger charge is 2.24. The van der Waals surface area contributed by atoms with Gasteiger partial charge in [-0.3, -0.25) is 9.69 Å². The Morgan fingerprint density at radius 1 is 0.919 bits per heavy atom. The molecule has 3 amide bonds. The predicted molar refractivity (Wildman–Crippen MR) is 139 cm³/mol. The topological polar surface area (TPSA) is 78.3 Å². The Kier molecular flexibility index (Phi) is 9.67. The first kappa shape index (κ1) is 26.4. The number of nitrogens with zero attached hydrogens (tertiary/aromatic N) is 3. The molecule has 4 rings (SSSR count). The number of carbonyl (C=O) groups is 2. The van der Waals surface area contributed by atoms with Crippen molar-refractivity contribution in [2.75, 3.05) is 57.8 Å². The van der Waals surface area contributed by atoms with E-state index in [9.17, 15) is 14.0 Å². The van der Waals surface area contributed by atoms with E-state index in [-0.39, 0.29) is 18.1 Å². The van der Waals surface area contributed by atoms with E-state index in [1.807, 2.05) is 36.4 Å². The largest absolute Gasteiger partial charge is 0.467 e. The van der Waals surface area contributed by atoms with Gasteiger partial charge in [0.25, 0.3) is 0 Å². The van der Waals surface area contributed by atoms with Crippen LogP contribution in [0, 0.1) is 5.82 Å². The first-order chi connectivity index (χ1) is 18.1. The molecular weight excluding hydrogens is 475 g/mol. The van der Waals surface area contributed by atoms with E-state index < -0.39 is 11.8 Å². The van der Waals surface area contributed by atoms with Gasteiger partial charge >= 0.3 is 6.03 Å². The first-order valence-corrected chi connectivity index (χ1v) is 12.5. The normalized spacial score (nSPS) is 13.8. The van der Waals surface area contributed by atoms with Crippen molar-refractivity contribution in [2.45, 2.75) is 13.0 Å². The third-order valence-corrected chi connectivity index (χ3v) is 6.31. The van der Waals surface area contributed by atoms with Gasteiger partial charge in [0.15, 0.2) is 0 Å². The smallest absolute Gasteiger partial charge is 0.322 e. The number of halogens is 1. The molecule has 1 aliphatic rings. The van der Waals surface area contributed by atoms with Gasteiger partial charge in [0.1, 0.15) is 18.1 Å². The summed E-state index contributed by atoms with van der Waals surface area (Å²) in [5.41, 5.74) is 1.19. The summed E-state index contributed by atoms with van der Waals surface area (Å²) < 4.78 is 25.1. The van der Waals surface area contributed by atoms with Crippen LogP contribution in [0.5, 0.6) is 0 Å². The highest BCUT2D eigenvalue weighted by atomic mass is 19.1. The minimum Gasteiger partial charge on any atom is -0.467 e. The zero-order chi connectivity index (χ0) is 25.9. The van der Waals surface area contributed by atoms with Gasteiger partial charge in [-0.15, -0.1) is 0 Å². The molecule has 1 aliphatic heterocycles. The summed E-state index contributed by atoms with van der Waals surface area (Å²) in [7, 11) is 0. The van der Waals surface area contributed by atoms with Crippen molar-refractivity contribution >= 4 is 17.6 Å². The van der Waals surface area contributed by atoms with Gasteiger partial charge < -0.3 is 24.3 Å². The van der Waals surface area contributed by atoms with Crippen LogP contribution in [0.3, 0.4) is 0 Å². The van der Waals surface area contributed by atoms with E-state index in [1.165, 1.54) is 17.0 Å². The summed E-state index contributed by atoms with van der Waals surface area (Å²) in [6.07, 6.45) is 2.24. The molecule has 37 heavy (non-hydrogen) atoms. The Morgan fingerprint density at radius 2 is 1.68 bits per heavy atom. The zero-order valence-corrected chi connectivity index (χ0v) is 20.9. The summed E-state index contributed by atoms with van der Waals surface area (Å²) in [5, 5.41) is 2.63. The minimum atomic E-state index is -0.530. The van der Waals surface area contributed by atoms with Crippen LogP contribution in [-0.4, -0.2) is 79.1 Å². The molecule has 0 aliphatic carbocycles. The number of urea groups is 1. The second kappa shape index (κ2) is 13.6. The SMILES string of the molecule is O=C(CN(CCN1CCOCC1)C(=O)Nc1ccccc1F)N(CCc1ccccc1)Cc1ccco1. The molecule has 3 aromatic rings. The third kappa shape index (κ3) is 8.16. The lowest BCUT2D eigenvalue weighted by Gasteiger charge is -2.31. The number of hydrogen-bond donors (Lipinski definition) is 1. The van der Waals surface area contributed by atoms with E-state index in [4.69, 9.17) is 9.15 Å². The van der Waals surface area contributed by atoms with Crippen LogP contribution >= 0.6 is 0 Å². The molecule has 0 spiro atoms. The number of nitrogens with one attached hydrogen (secondary N) is 1. The maximum Gasteiger partial charge on any atom is 0.322 e. The molecule has 0 radical (unpaired) electrons. The predicted octanol–water partition coefficient (Wildman–Crippen LogP) is 3.86. The summed E-state index contributed by atoms with van der Waals surface area (Å²) in [6, 6.07) is 19.0. The first-order valence-electron chi connectivity index (χ1n) is 12.5. The van der Waals surface area contributed by atoms with Crippen LogP contribution in [-0.2, 0) is 22.5 Å². The lowest BCUT2D eigenvalue weighted by atomic mass is 10.1.